The van der Waals surface area contributed by atoms with Crippen LogP contribution >= 0.6 is 11.3 Å². The van der Waals surface area contributed by atoms with Crippen LogP contribution in [0.15, 0.2) is 231 Å². The van der Waals surface area contributed by atoms with Crippen LogP contribution in [0.25, 0.3) is 91.8 Å². The molecule has 0 aliphatic carbocycles. The third-order valence-electron chi connectivity index (χ3n) is 12.2. The second-order valence-corrected chi connectivity index (χ2v) is 16.7. The Labute approximate surface area is 358 Å². The van der Waals surface area contributed by atoms with E-state index in [1.807, 2.05) is 11.3 Å². The monoisotopic (exact) mass is 794 g/mol. The third kappa shape index (κ3) is 5.93. The second-order valence-electron chi connectivity index (χ2n) is 15.7. The molecule has 0 saturated heterocycles. The molecule has 2 nitrogen and oxygen atoms in total. The number of anilines is 3. The first-order valence-electron chi connectivity index (χ1n) is 20.8. The molecule has 0 atom stereocenters. The van der Waals surface area contributed by atoms with Crippen molar-refractivity contribution in [3.63, 3.8) is 0 Å². The van der Waals surface area contributed by atoms with Gasteiger partial charge in [0.2, 0.25) is 0 Å². The van der Waals surface area contributed by atoms with E-state index < -0.39 is 0 Å². The average molecular weight is 795 g/mol. The first kappa shape index (κ1) is 35.2. The van der Waals surface area contributed by atoms with Gasteiger partial charge in [0.1, 0.15) is 0 Å². The Morgan fingerprint density at radius 3 is 1.62 bits per heavy atom. The van der Waals surface area contributed by atoms with Gasteiger partial charge in [0.15, 0.2) is 0 Å². The highest BCUT2D eigenvalue weighted by Crippen LogP contribution is 2.44. The predicted molar refractivity (Wildman–Crippen MR) is 262 cm³/mol. The molecule has 0 saturated carbocycles. The van der Waals surface area contributed by atoms with Crippen LogP contribution < -0.4 is 4.90 Å². The maximum atomic E-state index is 2.42. The highest BCUT2D eigenvalue weighted by Gasteiger charge is 2.19. The Kier molecular flexibility index (Phi) is 8.39. The number of rotatable bonds is 7. The quantitative estimate of drug-likeness (QED) is 0.156. The van der Waals surface area contributed by atoms with Gasteiger partial charge in [-0.25, -0.2) is 0 Å². The van der Waals surface area contributed by atoms with Crippen LogP contribution in [0.1, 0.15) is 0 Å². The van der Waals surface area contributed by atoms with Crippen LogP contribution in [-0.2, 0) is 0 Å². The molecule has 12 rings (SSSR count). The Morgan fingerprint density at radius 1 is 0.344 bits per heavy atom. The van der Waals surface area contributed by atoms with Gasteiger partial charge in [-0.1, -0.05) is 176 Å². The minimum Gasteiger partial charge on any atom is -0.310 e. The molecule has 0 N–H and O–H groups in total. The zero-order valence-electron chi connectivity index (χ0n) is 33.2. The lowest BCUT2D eigenvalue weighted by Crippen LogP contribution is -2.11. The number of nitrogens with zero attached hydrogens (tertiary/aromatic N) is 2. The van der Waals surface area contributed by atoms with E-state index in [9.17, 15) is 0 Å². The summed E-state index contributed by atoms with van der Waals surface area (Å²) in [5.41, 5.74) is 14.0. The lowest BCUT2D eigenvalue weighted by Gasteiger charge is -2.28. The lowest BCUT2D eigenvalue weighted by atomic mass is 9.99. The molecule has 12 aromatic rings. The van der Waals surface area contributed by atoms with E-state index in [0.29, 0.717) is 0 Å². The van der Waals surface area contributed by atoms with E-state index in [-0.39, 0.29) is 0 Å². The van der Waals surface area contributed by atoms with Crippen LogP contribution in [0.5, 0.6) is 0 Å². The number of thiophene rings is 1. The van der Waals surface area contributed by atoms with Gasteiger partial charge in [0.05, 0.1) is 22.4 Å². The van der Waals surface area contributed by atoms with Gasteiger partial charge in [0, 0.05) is 53.4 Å². The molecular weight excluding hydrogens is 757 g/mol. The van der Waals surface area contributed by atoms with Crippen molar-refractivity contribution in [2.75, 3.05) is 4.90 Å². The molecule has 0 radical (unpaired) electrons. The normalized spacial score (nSPS) is 11.6. The average Bonchev–Trinajstić information content (AvgIpc) is 3.88. The molecule has 0 amide bonds. The topological polar surface area (TPSA) is 8.17 Å². The van der Waals surface area contributed by atoms with Crippen molar-refractivity contribution in [2.45, 2.75) is 0 Å². The number of benzene rings is 10. The highest BCUT2D eigenvalue weighted by molar-refractivity contribution is 7.26. The minimum atomic E-state index is 1.09. The molecule has 0 bridgehead atoms. The number of para-hydroxylation sites is 4. The Balaban J connectivity index is 0.956. The zero-order valence-corrected chi connectivity index (χ0v) is 34.1. The van der Waals surface area contributed by atoms with Crippen molar-refractivity contribution in [3.8, 4) is 39.1 Å². The second kappa shape index (κ2) is 14.5. The van der Waals surface area contributed by atoms with E-state index in [0.717, 1.165) is 28.3 Å². The van der Waals surface area contributed by atoms with Gasteiger partial charge in [-0.3, -0.25) is 0 Å². The van der Waals surface area contributed by atoms with Crippen LogP contribution in [0.4, 0.5) is 17.1 Å². The summed E-state index contributed by atoms with van der Waals surface area (Å²) in [7, 11) is 0. The van der Waals surface area contributed by atoms with E-state index in [2.05, 4.69) is 240 Å². The number of hydrogen-bond acceptors (Lipinski definition) is 2. The fourth-order valence-electron chi connectivity index (χ4n) is 9.33. The molecule has 286 valence electrons. The molecule has 3 heteroatoms. The molecular formula is C58H38N2S. The lowest BCUT2D eigenvalue weighted by molar-refractivity contribution is 1.18. The third-order valence-corrected chi connectivity index (χ3v) is 13.4. The molecule has 0 aliphatic rings. The van der Waals surface area contributed by atoms with Crippen molar-refractivity contribution in [1.82, 2.24) is 4.57 Å². The molecule has 0 unspecified atom stereocenters. The molecule has 0 fully saturated rings. The van der Waals surface area contributed by atoms with Crippen LogP contribution in [0.3, 0.4) is 0 Å². The summed E-state index contributed by atoms with van der Waals surface area (Å²) in [6.45, 7) is 0. The predicted octanol–water partition coefficient (Wildman–Crippen LogP) is 16.8. The number of fused-ring (bicyclic) bond motifs is 8. The van der Waals surface area contributed by atoms with Gasteiger partial charge >= 0.3 is 0 Å². The Hall–Kier alpha value is -7.72. The maximum absolute atomic E-state index is 2.42. The summed E-state index contributed by atoms with van der Waals surface area (Å²) in [4.78, 5) is 2.40. The van der Waals surface area contributed by atoms with Gasteiger partial charge in [-0.2, -0.15) is 0 Å². The van der Waals surface area contributed by atoms with Gasteiger partial charge in [-0.15, -0.1) is 11.3 Å². The van der Waals surface area contributed by atoms with Gasteiger partial charge in [0.25, 0.3) is 0 Å². The smallest absolute Gasteiger partial charge is 0.0541 e. The molecule has 61 heavy (non-hydrogen) atoms. The maximum Gasteiger partial charge on any atom is 0.0541 e. The first-order valence-corrected chi connectivity index (χ1v) is 21.7. The van der Waals surface area contributed by atoms with E-state index in [1.165, 1.54) is 80.6 Å². The summed E-state index contributed by atoms with van der Waals surface area (Å²) < 4.78 is 5.08. The van der Waals surface area contributed by atoms with Crippen LogP contribution in [-0.4, -0.2) is 4.57 Å². The fourth-order valence-corrected chi connectivity index (χ4v) is 10.6. The SMILES string of the molecule is c1ccc(-c2ccccc2N(c2ccc(-c3ccc4c(c3)sc3c5ccccc5ccc43)cc2)c2ccc(-c3ccccc3-n3c4ccccc4c4ccccc43)cc2)cc1. The molecule has 10 aromatic carbocycles. The van der Waals surface area contributed by atoms with E-state index in [4.69, 9.17) is 0 Å². The van der Waals surface area contributed by atoms with E-state index >= 15 is 0 Å². The van der Waals surface area contributed by atoms with E-state index in [1.54, 1.807) is 0 Å². The first-order chi connectivity index (χ1) is 30.3. The molecule has 2 aromatic heterocycles. The Bertz CT molecular complexity index is 3520. The van der Waals surface area contributed by atoms with Crippen molar-refractivity contribution in [3.05, 3.63) is 231 Å². The summed E-state index contributed by atoms with van der Waals surface area (Å²) >= 11 is 1.89. The summed E-state index contributed by atoms with van der Waals surface area (Å²) in [5.74, 6) is 0. The van der Waals surface area contributed by atoms with Crippen molar-refractivity contribution >= 4 is 81.1 Å². The van der Waals surface area contributed by atoms with Crippen molar-refractivity contribution in [2.24, 2.45) is 0 Å². The summed E-state index contributed by atoms with van der Waals surface area (Å²) in [5, 5.41) is 7.77. The number of aromatic nitrogens is 1. The van der Waals surface area contributed by atoms with Crippen LogP contribution in [0, 0.1) is 0 Å². The highest BCUT2D eigenvalue weighted by atomic mass is 32.1. The van der Waals surface area contributed by atoms with Crippen molar-refractivity contribution < 1.29 is 0 Å². The van der Waals surface area contributed by atoms with Gasteiger partial charge < -0.3 is 9.47 Å². The molecule has 2 heterocycles. The van der Waals surface area contributed by atoms with Crippen LogP contribution in [0.2, 0.25) is 0 Å². The molecule has 0 spiro atoms. The fraction of sp³-hybridized carbons (Fsp3) is 0. The Morgan fingerprint density at radius 2 is 0.885 bits per heavy atom. The summed E-state index contributed by atoms with van der Waals surface area (Å²) in [6, 6.07) is 84.0. The zero-order chi connectivity index (χ0) is 40.3. The van der Waals surface area contributed by atoms with Crippen molar-refractivity contribution in [1.29, 1.82) is 0 Å². The largest absolute Gasteiger partial charge is 0.310 e. The van der Waals surface area contributed by atoms with Gasteiger partial charge in [-0.05, 0) is 87.6 Å². The summed E-state index contributed by atoms with van der Waals surface area (Å²) in [6.07, 6.45) is 0. The standard InChI is InChI=1S/C58H38N2S/c1-2-14-40(15-3-1)46-17-6-10-22-53(46)59(44-32-26-39(27-33-44)43-31-36-51-52-37-30-41-16-4-5-19-48(41)58(52)61-57(51)38-43)45-34-28-42(29-35-45)47-18-7-11-23-54(47)60-55-24-12-8-20-49(55)50-21-9-13-25-56(50)60/h1-38H. The minimum absolute atomic E-state index is 1.09. The number of hydrogen-bond donors (Lipinski definition) is 0. The molecule has 0 aliphatic heterocycles.